The zero-order chi connectivity index (χ0) is 13.8. The number of ether oxygens (including phenoxy) is 2. The molecule has 100 valence electrons. The summed E-state index contributed by atoms with van der Waals surface area (Å²) in [6.07, 6.45) is 0. The fourth-order valence-electron chi connectivity index (χ4n) is 1.41. The average Bonchev–Trinajstić information content (AvgIpc) is 2.32. The largest absolute Gasteiger partial charge is 0.437 e. The third-order valence-corrected chi connectivity index (χ3v) is 2.94. The van der Waals surface area contributed by atoms with E-state index >= 15 is 0 Å². The van der Waals surface area contributed by atoms with Crippen LogP contribution in [0.25, 0.3) is 0 Å². The molecule has 5 nitrogen and oxygen atoms in total. The van der Waals surface area contributed by atoms with Crippen LogP contribution in [-0.4, -0.2) is 17.1 Å². The number of rotatable bonds is 4. The van der Waals surface area contributed by atoms with E-state index in [-0.39, 0.29) is 6.61 Å². The molecule has 1 aromatic carbocycles. The molecule has 0 aliphatic heterocycles. The molecule has 0 spiro atoms. The van der Waals surface area contributed by atoms with Crippen LogP contribution in [0.4, 0.5) is 5.82 Å². The Bertz CT molecular complexity index is 595. The Labute approximate surface area is 123 Å². The number of nitrogen functional groups attached to an aromatic ring is 1. The quantitative estimate of drug-likeness (QED) is 0.920. The van der Waals surface area contributed by atoms with Crippen molar-refractivity contribution in [3.8, 4) is 11.6 Å². The number of hydrogen-bond acceptors (Lipinski definition) is 5. The molecule has 0 amide bonds. The molecule has 0 bridgehead atoms. The normalized spacial score (nSPS) is 10.5. The Morgan fingerprint density at radius 3 is 2.79 bits per heavy atom. The van der Waals surface area contributed by atoms with Gasteiger partial charge in [-0.3, -0.25) is 0 Å². The summed E-state index contributed by atoms with van der Waals surface area (Å²) in [7, 11) is 1.55. The minimum atomic E-state index is 0.259. The molecular formula is C12H11BrClN3O2. The van der Waals surface area contributed by atoms with Gasteiger partial charge in [-0.1, -0.05) is 27.5 Å². The zero-order valence-corrected chi connectivity index (χ0v) is 12.4. The molecule has 1 heterocycles. The Morgan fingerprint density at radius 2 is 2.11 bits per heavy atom. The first-order valence-electron chi connectivity index (χ1n) is 5.34. The van der Waals surface area contributed by atoms with Gasteiger partial charge in [-0.05, 0) is 18.2 Å². The predicted molar refractivity (Wildman–Crippen MR) is 76.4 cm³/mol. The maximum absolute atomic E-state index is 6.07. The topological polar surface area (TPSA) is 70.3 Å². The minimum Gasteiger partial charge on any atom is -0.437 e. The number of aromatic nitrogens is 2. The number of nitrogens with two attached hydrogens (primary N) is 1. The molecule has 0 fully saturated rings. The minimum absolute atomic E-state index is 0.259. The average molecular weight is 345 g/mol. The summed E-state index contributed by atoms with van der Waals surface area (Å²) in [5.74, 6) is 1.58. The molecule has 2 rings (SSSR count). The second-order valence-corrected chi connectivity index (χ2v) is 4.98. The van der Waals surface area contributed by atoms with E-state index in [1.807, 2.05) is 6.07 Å². The van der Waals surface area contributed by atoms with E-state index in [1.54, 1.807) is 19.2 Å². The lowest BCUT2D eigenvalue weighted by molar-refractivity contribution is 0.177. The van der Waals surface area contributed by atoms with Crippen molar-refractivity contribution in [1.82, 2.24) is 9.97 Å². The smallest absolute Gasteiger partial charge is 0.224 e. The van der Waals surface area contributed by atoms with Gasteiger partial charge in [-0.2, -0.15) is 4.98 Å². The van der Waals surface area contributed by atoms with Crippen molar-refractivity contribution in [2.75, 3.05) is 12.8 Å². The molecule has 0 radical (unpaired) electrons. The molecule has 0 saturated carbocycles. The Kier molecular flexibility index (Phi) is 4.57. The summed E-state index contributed by atoms with van der Waals surface area (Å²) >= 11 is 9.39. The van der Waals surface area contributed by atoms with Crippen LogP contribution < -0.4 is 10.5 Å². The molecular weight excluding hydrogens is 334 g/mol. The van der Waals surface area contributed by atoms with E-state index in [2.05, 4.69) is 25.9 Å². The molecule has 0 atom stereocenters. The maximum atomic E-state index is 6.07. The highest BCUT2D eigenvalue weighted by Crippen LogP contribution is 2.31. The van der Waals surface area contributed by atoms with Crippen LogP contribution in [0.15, 0.2) is 28.7 Å². The van der Waals surface area contributed by atoms with Crippen LogP contribution in [0.1, 0.15) is 5.82 Å². The van der Waals surface area contributed by atoms with E-state index in [0.29, 0.717) is 28.3 Å². The first-order valence-corrected chi connectivity index (χ1v) is 6.51. The van der Waals surface area contributed by atoms with E-state index < -0.39 is 0 Å². The van der Waals surface area contributed by atoms with Gasteiger partial charge in [-0.15, -0.1) is 0 Å². The van der Waals surface area contributed by atoms with Gasteiger partial charge in [0.2, 0.25) is 5.88 Å². The summed E-state index contributed by atoms with van der Waals surface area (Å²) in [4.78, 5) is 8.20. The lowest BCUT2D eigenvalue weighted by Crippen LogP contribution is -2.02. The van der Waals surface area contributed by atoms with Gasteiger partial charge in [0.1, 0.15) is 18.2 Å². The van der Waals surface area contributed by atoms with Gasteiger partial charge in [0, 0.05) is 17.6 Å². The number of benzene rings is 1. The Hall–Kier alpha value is -1.37. The first-order chi connectivity index (χ1) is 9.08. The molecule has 0 saturated heterocycles. The molecule has 19 heavy (non-hydrogen) atoms. The van der Waals surface area contributed by atoms with Crippen molar-refractivity contribution in [1.29, 1.82) is 0 Å². The Balaban J connectivity index is 2.27. The van der Waals surface area contributed by atoms with Gasteiger partial charge >= 0.3 is 0 Å². The summed E-state index contributed by atoms with van der Waals surface area (Å²) in [6, 6.07) is 6.82. The SMILES string of the molecule is COCc1nc(N)cc(Oc2ccc(Br)cc2Cl)n1. The van der Waals surface area contributed by atoms with E-state index in [1.165, 1.54) is 6.07 Å². The van der Waals surface area contributed by atoms with Crippen LogP contribution in [0.5, 0.6) is 11.6 Å². The van der Waals surface area contributed by atoms with Crippen molar-refractivity contribution in [3.05, 3.63) is 39.6 Å². The lowest BCUT2D eigenvalue weighted by Gasteiger charge is -2.08. The highest BCUT2D eigenvalue weighted by Gasteiger charge is 2.08. The molecule has 0 unspecified atom stereocenters. The third-order valence-electron chi connectivity index (χ3n) is 2.15. The molecule has 0 aliphatic carbocycles. The number of anilines is 1. The summed E-state index contributed by atoms with van der Waals surface area (Å²) in [5, 5.41) is 0.472. The van der Waals surface area contributed by atoms with Gasteiger partial charge in [0.25, 0.3) is 0 Å². The number of hydrogen-bond donors (Lipinski definition) is 1. The molecule has 7 heteroatoms. The summed E-state index contributed by atoms with van der Waals surface area (Å²) in [6.45, 7) is 0.259. The predicted octanol–water partition coefficient (Wildman–Crippen LogP) is 3.41. The van der Waals surface area contributed by atoms with Crippen LogP contribution in [-0.2, 0) is 11.3 Å². The molecule has 1 aromatic heterocycles. The van der Waals surface area contributed by atoms with Crippen molar-refractivity contribution in [2.45, 2.75) is 6.61 Å². The number of methoxy groups -OCH3 is 1. The second-order valence-electron chi connectivity index (χ2n) is 3.66. The van der Waals surface area contributed by atoms with Gasteiger partial charge in [0.05, 0.1) is 5.02 Å². The van der Waals surface area contributed by atoms with Gasteiger partial charge < -0.3 is 15.2 Å². The fourth-order valence-corrected chi connectivity index (χ4v) is 2.12. The van der Waals surface area contributed by atoms with Crippen molar-refractivity contribution < 1.29 is 9.47 Å². The van der Waals surface area contributed by atoms with Crippen molar-refractivity contribution in [3.63, 3.8) is 0 Å². The lowest BCUT2D eigenvalue weighted by atomic mass is 10.3. The highest BCUT2D eigenvalue weighted by molar-refractivity contribution is 9.10. The third kappa shape index (κ3) is 3.79. The number of halogens is 2. The first kappa shape index (κ1) is 14.0. The van der Waals surface area contributed by atoms with Gasteiger partial charge in [0.15, 0.2) is 5.82 Å². The second kappa shape index (κ2) is 6.18. The van der Waals surface area contributed by atoms with Crippen LogP contribution in [0.3, 0.4) is 0 Å². The van der Waals surface area contributed by atoms with Crippen molar-refractivity contribution >= 4 is 33.3 Å². The highest BCUT2D eigenvalue weighted by atomic mass is 79.9. The fraction of sp³-hybridized carbons (Fsp3) is 0.167. The van der Waals surface area contributed by atoms with Crippen LogP contribution in [0.2, 0.25) is 5.02 Å². The van der Waals surface area contributed by atoms with Crippen LogP contribution in [0, 0.1) is 0 Å². The summed E-state index contributed by atoms with van der Waals surface area (Å²) < 4.78 is 11.4. The standard InChI is InChI=1S/C12H11BrClN3O2/c1-18-6-11-16-10(15)5-12(17-11)19-9-3-2-7(13)4-8(9)14/h2-5H,6H2,1H3,(H2,15,16,17). The molecule has 0 aliphatic rings. The van der Waals surface area contributed by atoms with Crippen LogP contribution >= 0.6 is 27.5 Å². The van der Waals surface area contributed by atoms with Gasteiger partial charge in [-0.25, -0.2) is 4.98 Å². The zero-order valence-electron chi connectivity index (χ0n) is 10.1. The monoisotopic (exact) mass is 343 g/mol. The van der Waals surface area contributed by atoms with E-state index in [0.717, 1.165) is 4.47 Å². The maximum Gasteiger partial charge on any atom is 0.224 e. The van der Waals surface area contributed by atoms with Crippen molar-refractivity contribution in [2.24, 2.45) is 0 Å². The van der Waals surface area contributed by atoms with E-state index in [4.69, 9.17) is 26.8 Å². The molecule has 2 N–H and O–H groups in total. The number of nitrogens with zero attached hydrogens (tertiary/aromatic N) is 2. The summed E-state index contributed by atoms with van der Waals surface area (Å²) in [5.41, 5.74) is 5.68. The van der Waals surface area contributed by atoms with E-state index in [9.17, 15) is 0 Å². The Morgan fingerprint density at radius 1 is 1.32 bits per heavy atom. The molecule has 2 aromatic rings.